The first-order chi connectivity index (χ1) is 15.8. The lowest BCUT2D eigenvalue weighted by molar-refractivity contribution is -0.129. The minimum atomic E-state index is -0.683. The molecule has 3 heterocycles. The molecule has 1 unspecified atom stereocenters. The van der Waals surface area contributed by atoms with E-state index in [-0.39, 0.29) is 23.8 Å². The fourth-order valence-corrected chi connectivity index (χ4v) is 4.18. The van der Waals surface area contributed by atoms with Crippen molar-refractivity contribution in [3.8, 4) is 5.75 Å². The quantitative estimate of drug-likeness (QED) is 0.706. The molecular weight excluding hydrogens is 428 g/mol. The average molecular weight is 460 g/mol. The molecule has 1 aromatic heterocycles. The first kappa shape index (κ1) is 23.2. The van der Waals surface area contributed by atoms with Gasteiger partial charge in [-0.2, -0.15) is 0 Å². The van der Waals surface area contributed by atoms with Gasteiger partial charge in [0.1, 0.15) is 11.9 Å². The molecule has 33 heavy (non-hydrogen) atoms. The van der Waals surface area contributed by atoms with E-state index < -0.39 is 11.6 Å². The Labute approximate surface area is 193 Å². The average Bonchev–Trinajstić information content (AvgIpc) is 2.80. The van der Waals surface area contributed by atoms with E-state index in [4.69, 9.17) is 14.7 Å². The first-order valence-electron chi connectivity index (χ1n) is 11.6. The summed E-state index contributed by atoms with van der Waals surface area (Å²) in [4.78, 5) is 25.7. The van der Waals surface area contributed by atoms with Crippen molar-refractivity contribution in [2.24, 2.45) is 0 Å². The number of amides is 1. The number of hydrogen-bond donors (Lipinski definition) is 1. The van der Waals surface area contributed by atoms with Gasteiger partial charge in [-0.1, -0.05) is 6.92 Å². The van der Waals surface area contributed by atoms with E-state index in [0.717, 1.165) is 35.5 Å². The van der Waals surface area contributed by atoms with Crippen molar-refractivity contribution in [3.05, 3.63) is 41.2 Å². The lowest BCUT2D eigenvalue weighted by Crippen LogP contribution is -2.40. The number of carbonyl (C=O) groups is 1. The molecule has 7 nitrogen and oxygen atoms in total. The number of ether oxygens (including phenoxy) is 1. The lowest BCUT2D eigenvalue weighted by Gasteiger charge is -2.35. The van der Waals surface area contributed by atoms with Crippen molar-refractivity contribution in [1.82, 2.24) is 14.9 Å². The minimum Gasteiger partial charge on any atom is -0.487 e. The number of piperidine rings is 1. The summed E-state index contributed by atoms with van der Waals surface area (Å²) in [6.07, 6.45) is 2.85. The summed E-state index contributed by atoms with van der Waals surface area (Å²) in [5, 5.41) is 3.48. The van der Waals surface area contributed by atoms with E-state index in [9.17, 15) is 13.6 Å². The second-order valence-electron chi connectivity index (χ2n) is 8.81. The van der Waals surface area contributed by atoms with E-state index in [2.05, 4.69) is 24.1 Å². The number of rotatable bonds is 6. The third kappa shape index (κ3) is 5.34. The molecule has 9 heteroatoms. The summed E-state index contributed by atoms with van der Waals surface area (Å²) >= 11 is 0. The van der Waals surface area contributed by atoms with Crippen LogP contribution in [0.2, 0.25) is 0 Å². The zero-order valence-electron chi connectivity index (χ0n) is 19.4. The Balaban J connectivity index is 1.50. The van der Waals surface area contributed by atoms with E-state index in [0.29, 0.717) is 45.4 Å². The molecule has 1 aromatic carbocycles. The molecule has 0 aliphatic carbocycles. The molecule has 1 atom stereocenters. The van der Waals surface area contributed by atoms with Crippen molar-refractivity contribution in [3.63, 3.8) is 0 Å². The highest BCUT2D eigenvalue weighted by molar-refractivity contribution is 5.73. The van der Waals surface area contributed by atoms with Crippen LogP contribution in [0.15, 0.2) is 18.2 Å². The number of anilines is 2. The van der Waals surface area contributed by atoms with Crippen LogP contribution in [0.5, 0.6) is 5.75 Å². The number of halogens is 2. The van der Waals surface area contributed by atoms with E-state index in [1.165, 1.54) is 12.1 Å². The van der Waals surface area contributed by atoms with Crippen LogP contribution in [0.25, 0.3) is 0 Å². The Morgan fingerprint density at radius 1 is 1.21 bits per heavy atom. The molecule has 0 radical (unpaired) electrons. The summed E-state index contributed by atoms with van der Waals surface area (Å²) in [7, 11) is 0. The van der Waals surface area contributed by atoms with Gasteiger partial charge in [-0.25, -0.2) is 18.7 Å². The van der Waals surface area contributed by atoms with Crippen molar-refractivity contribution in [1.29, 1.82) is 0 Å². The van der Waals surface area contributed by atoms with Crippen molar-refractivity contribution in [2.45, 2.75) is 65.1 Å². The summed E-state index contributed by atoms with van der Waals surface area (Å²) in [5.41, 5.74) is 1.78. The van der Waals surface area contributed by atoms with Gasteiger partial charge in [0, 0.05) is 57.9 Å². The normalized spacial score (nSPS) is 17.5. The second-order valence-corrected chi connectivity index (χ2v) is 8.81. The highest BCUT2D eigenvalue weighted by atomic mass is 19.1. The molecule has 1 fully saturated rings. The van der Waals surface area contributed by atoms with Crippen LogP contribution in [0.1, 0.15) is 51.4 Å². The topological polar surface area (TPSA) is 70.6 Å². The summed E-state index contributed by atoms with van der Waals surface area (Å²) in [6, 6.07) is 3.61. The molecule has 2 aliphatic heterocycles. The standard InChI is InChI=1S/C24H31F2N5O2/c1-4-15(2)27-23-24(29-20-9-12-31(16(3)32)14-21(20)28-23)30-10-7-18(8-11-30)33-22-6-5-17(25)13-19(22)26/h5-6,13,15,18H,4,7-12,14H2,1-3H3,(H,27,28). The van der Waals surface area contributed by atoms with Crippen LogP contribution < -0.4 is 15.0 Å². The number of aromatic nitrogens is 2. The number of benzene rings is 1. The number of nitrogens with one attached hydrogen (secondary N) is 1. The molecule has 178 valence electrons. The molecule has 1 amide bonds. The van der Waals surface area contributed by atoms with Gasteiger partial charge < -0.3 is 19.9 Å². The molecule has 0 bridgehead atoms. The number of nitrogens with zero attached hydrogens (tertiary/aromatic N) is 4. The molecule has 0 spiro atoms. The zero-order chi connectivity index (χ0) is 23.5. The van der Waals surface area contributed by atoms with E-state index in [1.807, 2.05) is 0 Å². The molecule has 1 saturated heterocycles. The van der Waals surface area contributed by atoms with Gasteiger partial charge in [0.2, 0.25) is 5.91 Å². The van der Waals surface area contributed by atoms with Gasteiger partial charge >= 0.3 is 0 Å². The van der Waals surface area contributed by atoms with Crippen LogP contribution in [-0.4, -0.2) is 52.6 Å². The smallest absolute Gasteiger partial charge is 0.219 e. The molecular formula is C24H31F2N5O2. The third-order valence-electron chi connectivity index (χ3n) is 6.36. The number of fused-ring (bicyclic) bond motifs is 1. The second kappa shape index (κ2) is 9.89. The van der Waals surface area contributed by atoms with Gasteiger partial charge in [0.05, 0.1) is 17.9 Å². The van der Waals surface area contributed by atoms with Crippen LogP contribution in [0.3, 0.4) is 0 Å². The Kier molecular flexibility index (Phi) is 6.95. The first-order valence-corrected chi connectivity index (χ1v) is 11.6. The summed E-state index contributed by atoms with van der Waals surface area (Å²) < 4.78 is 32.9. The van der Waals surface area contributed by atoms with Crippen LogP contribution in [-0.2, 0) is 17.8 Å². The largest absolute Gasteiger partial charge is 0.487 e. The van der Waals surface area contributed by atoms with Gasteiger partial charge in [-0.15, -0.1) is 0 Å². The highest BCUT2D eigenvalue weighted by Crippen LogP contribution is 2.31. The molecule has 1 N–H and O–H groups in total. The van der Waals surface area contributed by atoms with Gasteiger partial charge in [-0.3, -0.25) is 4.79 Å². The van der Waals surface area contributed by atoms with Gasteiger partial charge in [0.15, 0.2) is 23.2 Å². The molecule has 0 saturated carbocycles. The maximum Gasteiger partial charge on any atom is 0.219 e. The fraction of sp³-hybridized carbons (Fsp3) is 0.542. The Bertz CT molecular complexity index is 1010. The van der Waals surface area contributed by atoms with Gasteiger partial charge in [0.25, 0.3) is 0 Å². The Hall–Kier alpha value is -2.97. The monoisotopic (exact) mass is 459 g/mol. The molecule has 4 rings (SSSR count). The molecule has 2 aliphatic rings. The van der Waals surface area contributed by atoms with E-state index in [1.54, 1.807) is 11.8 Å². The maximum absolute atomic E-state index is 14.0. The van der Waals surface area contributed by atoms with Gasteiger partial charge in [-0.05, 0) is 25.5 Å². The maximum atomic E-state index is 14.0. The van der Waals surface area contributed by atoms with Crippen molar-refractivity contribution in [2.75, 3.05) is 29.9 Å². The third-order valence-corrected chi connectivity index (χ3v) is 6.36. The van der Waals surface area contributed by atoms with Crippen molar-refractivity contribution >= 4 is 17.5 Å². The number of hydrogen-bond acceptors (Lipinski definition) is 6. The lowest BCUT2D eigenvalue weighted by atomic mass is 10.1. The number of carbonyl (C=O) groups excluding carboxylic acids is 1. The Morgan fingerprint density at radius 3 is 2.64 bits per heavy atom. The van der Waals surface area contributed by atoms with Crippen LogP contribution in [0, 0.1) is 11.6 Å². The predicted molar refractivity (Wildman–Crippen MR) is 122 cm³/mol. The highest BCUT2D eigenvalue weighted by Gasteiger charge is 2.28. The minimum absolute atomic E-state index is 0.0441. The van der Waals surface area contributed by atoms with Crippen LogP contribution >= 0.6 is 0 Å². The van der Waals surface area contributed by atoms with Crippen LogP contribution in [0.4, 0.5) is 20.4 Å². The molecule has 2 aromatic rings. The summed E-state index contributed by atoms with van der Waals surface area (Å²) in [6.45, 7) is 8.29. The summed E-state index contributed by atoms with van der Waals surface area (Å²) in [5.74, 6) is 0.375. The SMILES string of the molecule is CCC(C)Nc1nc2c(nc1N1CCC(Oc3ccc(F)cc3F)CC1)CCN(C(C)=O)C2. The van der Waals surface area contributed by atoms with E-state index >= 15 is 0 Å². The Morgan fingerprint density at radius 2 is 1.97 bits per heavy atom. The zero-order valence-corrected chi connectivity index (χ0v) is 19.4. The predicted octanol–water partition coefficient (Wildman–Crippen LogP) is 3.92. The van der Waals surface area contributed by atoms with Crippen molar-refractivity contribution < 1.29 is 18.3 Å². The fourth-order valence-electron chi connectivity index (χ4n) is 4.18.